The Labute approximate surface area is 234 Å². The summed E-state index contributed by atoms with van der Waals surface area (Å²) < 4.78 is 7.23. The van der Waals surface area contributed by atoms with E-state index in [9.17, 15) is 4.79 Å². The van der Waals surface area contributed by atoms with E-state index in [4.69, 9.17) is 14.8 Å². The average molecular weight is 535 g/mol. The summed E-state index contributed by atoms with van der Waals surface area (Å²) in [6.45, 7) is 5.98. The molecule has 2 aromatic carbocycles. The van der Waals surface area contributed by atoms with Gasteiger partial charge in [0.25, 0.3) is 0 Å². The second kappa shape index (κ2) is 10.6. The van der Waals surface area contributed by atoms with Crippen LogP contribution >= 0.6 is 0 Å². The zero-order valence-electron chi connectivity index (χ0n) is 23.5. The molecular weight excluding hydrogens is 500 g/mol. The number of aryl methyl sites for hydroxylation is 1. The largest absolute Gasteiger partial charge is 0.466 e. The Bertz CT molecular complexity index is 1680. The molecule has 1 fully saturated rings. The summed E-state index contributed by atoms with van der Waals surface area (Å²) in [5.41, 5.74) is 5.14. The average Bonchev–Trinajstić information content (AvgIpc) is 3.37. The Kier molecular flexibility index (Phi) is 6.84. The SMILES string of the molecule is CCOC(=O)C1CCN(c2ccc(-n3nc(-c4cccc5cnc(N(C)C)cc45)c4cccc(C)c43)cn2)CC1. The van der Waals surface area contributed by atoms with Crippen molar-refractivity contribution in [3.8, 4) is 16.9 Å². The monoisotopic (exact) mass is 534 g/mol. The Morgan fingerprint density at radius 2 is 1.80 bits per heavy atom. The van der Waals surface area contributed by atoms with Crippen molar-refractivity contribution in [2.75, 3.05) is 43.6 Å². The van der Waals surface area contributed by atoms with E-state index in [1.165, 1.54) is 0 Å². The lowest BCUT2D eigenvalue weighted by atomic mass is 9.97. The molecule has 0 bridgehead atoms. The van der Waals surface area contributed by atoms with E-state index in [0.29, 0.717) is 6.61 Å². The third-order valence-electron chi connectivity index (χ3n) is 7.78. The number of pyridine rings is 2. The van der Waals surface area contributed by atoms with E-state index in [0.717, 1.165) is 81.8 Å². The highest BCUT2D eigenvalue weighted by Gasteiger charge is 2.26. The Hall–Kier alpha value is -4.46. The maximum atomic E-state index is 12.1. The van der Waals surface area contributed by atoms with Crippen LogP contribution in [0, 0.1) is 12.8 Å². The number of fused-ring (bicyclic) bond motifs is 2. The molecule has 40 heavy (non-hydrogen) atoms. The molecule has 0 spiro atoms. The van der Waals surface area contributed by atoms with Crippen LogP contribution in [0.3, 0.4) is 0 Å². The second-order valence-corrected chi connectivity index (χ2v) is 10.6. The summed E-state index contributed by atoms with van der Waals surface area (Å²) in [4.78, 5) is 25.8. The molecule has 5 aromatic rings. The minimum atomic E-state index is -0.0809. The fraction of sp³-hybridized carbons (Fsp3) is 0.312. The molecule has 0 atom stereocenters. The Morgan fingerprint density at radius 3 is 2.52 bits per heavy atom. The number of hydrogen-bond donors (Lipinski definition) is 0. The number of para-hydroxylation sites is 1. The minimum Gasteiger partial charge on any atom is -0.466 e. The molecule has 1 aliphatic rings. The molecule has 204 valence electrons. The number of esters is 1. The number of carbonyl (C=O) groups is 1. The number of carbonyl (C=O) groups excluding carboxylic acids is 1. The molecule has 0 radical (unpaired) electrons. The van der Waals surface area contributed by atoms with Gasteiger partial charge in [-0.25, -0.2) is 14.6 Å². The number of anilines is 2. The summed E-state index contributed by atoms with van der Waals surface area (Å²) >= 11 is 0. The molecule has 1 aliphatic heterocycles. The van der Waals surface area contributed by atoms with Gasteiger partial charge in [-0.1, -0.05) is 36.4 Å². The van der Waals surface area contributed by atoms with Gasteiger partial charge >= 0.3 is 5.97 Å². The van der Waals surface area contributed by atoms with Gasteiger partial charge in [0, 0.05) is 49.7 Å². The molecule has 8 nitrogen and oxygen atoms in total. The van der Waals surface area contributed by atoms with Crippen LogP contribution in [0.15, 0.2) is 67.0 Å². The first-order valence-corrected chi connectivity index (χ1v) is 13.9. The van der Waals surface area contributed by atoms with Crippen molar-refractivity contribution in [2.24, 2.45) is 5.92 Å². The number of aromatic nitrogens is 4. The zero-order chi connectivity index (χ0) is 27.8. The predicted octanol–water partition coefficient (Wildman–Crippen LogP) is 5.79. The van der Waals surface area contributed by atoms with Gasteiger partial charge in [0.15, 0.2) is 0 Å². The van der Waals surface area contributed by atoms with E-state index in [2.05, 4.69) is 71.4 Å². The maximum absolute atomic E-state index is 12.1. The standard InChI is InChI=1S/C32H34N6O2/c1-5-40-32(39)22-14-16-37(17-15-22)28-13-12-24(20-34-28)38-31-21(2)8-6-11-26(31)30(35-38)25-10-7-9-23-19-33-29(36(3)4)18-27(23)25/h6-13,18-20,22H,5,14-17H2,1-4H3. The highest BCUT2D eigenvalue weighted by Crippen LogP contribution is 2.36. The van der Waals surface area contributed by atoms with Gasteiger partial charge in [-0.15, -0.1) is 0 Å². The van der Waals surface area contributed by atoms with Crippen LogP contribution in [-0.2, 0) is 9.53 Å². The van der Waals surface area contributed by atoms with Crippen molar-refractivity contribution in [3.63, 3.8) is 0 Å². The molecule has 0 unspecified atom stereocenters. The first-order chi connectivity index (χ1) is 19.4. The fourth-order valence-electron chi connectivity index (χ4n) is 5.63. The summed E-state index contributed by atoms with van der Waals surface area (Å²) in [6.07, 6.45) is 5.39. The lowest BCUT2D eigenvalue weighted by Crippen LogP contribution is -2.37. The summed E-state index contributed by atoms with van der Waals surface area (Å²) in [7, 11) is 4.01. The van der Waals surface area contributed by atoms with E-state index in [1.54, 1.807) is 0 Å². The molecule has 6 rings (SSSR count). The smallest absolute Gasteiger partial charge is 0.309 e. The number of piperidine rings is 1. The van der Waals surface area contributed by atoms with Gasteiger partial charge in [-0.05, 0) is 55.8 Å². The van der Waals surface area contributed by atoms with Gasteiger partial charge < -0.3 is 14.5 Å². The van der Waals surface area contributed by atoms with Crippen molar-refractivity contribution in [1.82, 2.24) is 19.7 Å². The highest BCUT2D eigenvalue weighted by atomic mass is 16.5. The normalized spacial score (nSPS) is 14.2. The lowest BCUT2D eigenvalue weighted by molar-refractivity contribution is -0.148. The first kappa shape index (κ1) is 25.8. The van der Waals surface area contributed by atoms with Gasteiger partial charge in [0.1, 0.15) is 17.3 Å². The molecule has 0 N–H and O–H groups in total. The van der Waals surface area contributed by atoms with E-state index in [1.807, 2.05) is 43.0 Å². The first-order valence-electron chi connectivity index (χ1n) is 13.9. The number of rotatable bonds is 6. The molecule has 0 amide bonds. The number of hydrogen-bond acceptors (Lipinski definition) is 7. The third kappa shape index (κ3) is 4.63. The van der Waals surface area contributed by atoms with Crippen molar-refractivity contribution in [2.45, 2.75) is 26.7 Å². The van der Waals surface area contributed by atoms with Crippen LogP contribution in [-0.4, -0.2) is 59.5 Å². The fourth-order valence-corrected chi connectivity index (χ4v) is 5.63. The van der Waals surface area contributed by atoms with E-state index in [-0.39, 0.29) is 11.9 Å². The Balaban J connectivity index is 1.36. The van der Waals surface area contributed by atoms with Crippen LogP contribution in [0.1, 0.15) is 25.3 Å². The summed E-state index contributed by atoms with van der Waals surface area (Å²) in [5, 5.41) is 8.48. The minimum absolute atomic E-state index is 0.0223. The van der Waals surface area contributed by atoms with Crippen molar-refractivity contribution >= 4 is 39.3 Å². The molecule has 1 saturated heterocycles. The van der Waals surface area contributed by atoms with Crippen LogP contribution in [0.25, 0.3) is 38.6 Å². The number of ether oxygens (including phenoxy) is 1. The third-order valence-corrected chi connectivity index (χ3v) is 7.78. The van der Waals surface area contributed by atoms with Gasteiger partial charge in [-0.3, -0.25) is 4.79 Å². The quantitative estimate of drug-likeness (QED) is 0.255. The van der Waals surface area contributed by atoms with Crippen molar-refractivity contribution < 1.29 is 9.53 Å². The number of nitrogens with zero attached hydrogens (tertiary/aromatic N) is 6. The molecule has 3 aromatic heterocycles. The molecule has 8 heteroatoms. The van der Waals surface area contributed by atoms with Crippen molar-refractivity contribution in [1.29, 1.82) is 0 Å². The predicted molar refractivity (Wildman–Crippen MR) is 160 cm³/mol. The second-order valence-electron chi connectivity index (χ2n) is 10.6. The van der Waals surface area contributed by atoms with E-state index < -0.39 is 0 Å². The van der Waals surface area contributed by atoms with Crippen LogP contribution in [0.2, 0.25) is 0 Å². The van der Waals surface area contributed by atoms with Crippen LogP contribution < -0.4 is 9.80 Å². The molecule has 0 saturated carbocycles. The Morgan fingerprint density at radius 1 is 1.00 bits per heavy atom. The summed E-state index contributed by atoms with van der Waals surface area (Å²) in [6, 6.07) is 18.9. The number of benzene rings is 2. The van der Waals surface area contributed by atoms with Gasteiger partial charge in [0.05, 0.1) is 29.9 Å². The highest BCUT2D eigenvalue weighted by molar-refractivity contribution is 6.05. The molecular formula is C32H34N6O2. The molecule has 0 aliphatic carbocycles. The van der Waals surface area contributed by atoms with E-state index >= 15 is 0 Å². The van der Waals surface area contributed by atoms with Crippen molar-refractivity contribution in [3.05, 3.63) is 72.6 Å². The maximum Gasteiger partial charge on any atom is 0.309 e. The van der Waals surface area contributed by atoms with Gasteiger partial charge in [0.2, 0.25) is 0 Å². The zero-order valence-corrected chi connectivity index (χ0v) is 23.5. The summed E-state index contributed by atoms with van der Waals surface area (Å²) in [5.74, 6) is 1.72. The topological polar surface area (TPSA) is 76.4 Å². The van der Waals surface area contributed by atoms with Gasteiger partial charge in [-0.2, -0.15) is 5.10 Å². The molecule has 4 heterocycles. The van der Waals surface area contributed by atoms with Crippen LogP contribution in [0.5, 0.6) is 0 Å². The van der Waals surface area contributed by atoms with Crippen LogP contribution in [0.4, 0.5) is 11.6 Å². The lowest BCUT2D eigenvalue weighted by Gasteiger charge is -2.31.